The third-order valence-corrected chi connectivity index (χ3v) is 3.98. The van der Waals surface area contributed by atoms with Crippen LogP contribution in [0.25, 0.3) is 5.69 Å². The van der Waals surface area contributed by atoms with Gasteiger partial charge < -0.3 is 0 Å². The Labute approximate surface area is 130 Å². The summed E-state index contributed by atoms with van der Waals surface area (Å²) in [5.41, 5.74) is 5.68. The van der Waals surface area contributed by atoms with Crippen molar-refractivity contribution in [3.8, 4) is 5.69 Å². The average Bonchev–Trinajstić information content (AvgIpc) is 3.00. The summed E-state index contributed by atoms with van der Waals surface area (Å²) in [5, 5.41) is 8.19. The SMILES string of the molecule is NNC(c1ccccc1Br)c1cnnn1-c1ccccc1. The summed E-state index contributed by atoms with van der Waals surface area (Å²) < 4.78 is 2.76. The van der Waals surface area contributed by atoms with Crippen molar-refractivity contribution in [3.05, 3.63) is 76.5 Å². The Morgan fingerprint density at radius 1 is 1.05 bits per heavy atom. The predicted molar refractivity (Wildman–Crippen MR) is 84.7 cm³/mol. The molecule has 21 heavy (non-hydrogen) atoms. The average molecular weight is 344 g/mol. The van der Waals surface area contributed by atoms with Gasteiger partial charge in [0.15, 0.2) is 0 Å². The second-order valence-electron chi connectivity index (χ2n) is 4.53. The number of hydrogen-bond donors (Lipinski definition) is 2. The zero-order chi connectivity index (χ0) is 14.7. The minimum absolute atomic E-state index is 0.212. The van der Waals surface area contributed by atoms with E-state index in [4.69, 9.17) is 5.84 Å². The van der Waals surface area contributed by atoms with Crippen molar-refractivity contribution in [2.45, 2.75) is 6.04 Å². The molecule has 1 atom stereocenters. The van der Waals surface area contributed by atoms with E-state index in [1.54, 1.807) is 10.9 Å². The van der Waals surface area contributed by atoms with Crippen LogP contribution in [-0.4, -0.2) is 15.0 Å². The van der Waals surface area contributed by atoms with Crippen molar-refractivity contribution in [1.82, 2.24) is 20.4 Å². The second kappa shape index (κ2) is 6.17. The van der Waals surface area contributed by atoms with Crippen LogP contribution in [0.4, 0.5) is 0 Å². The Morgan fingerprint density at radius 2 is 1.76 bits per heavy atom. The fourth-order valence-electron chi connectivity index (χ4n) is 2.25. The van der Waals surface area contributed by atoms with Crippen molar-refractivity contribution in [2.75, 3.05) is 0 Å². The number of rotatable bonds is 4. The number of nitrogens with two attached hydrogens (primary N) is 1. The van der Waals surface area contributed by atoms with Gasteiger partial charge in [0.2, 0.25) is 0 Å². The van der Waals surface area contributed by atoms with Crippen molar-refractivity contribution in [3.63, 3.8) is 0 Å². The van der Waals surface area contributed by atoms with Crippen molar-refractivity contribution >= 4 is 15.9 Å². The van der Waals surface area contributed by atoms with Crippen LogP contribution in [-0.2, 0) is 0 Å². The first-order chi connectivity index (χ1) is 10.3. The Balaban J connectivity index is 2.08. The minimum Gasteiger partial charge on any atom is -0.271 e. The van der Waals surface area contributed by atoms with E-state index in [-0.39, 0.29) is 6.04 Å². The molecule has 106 valence electrons. The fraction of sp³-hybridized carbons (Fsp3) is 0.0667. The first kappa shape index (κ1) is 13.9. The lowest BCUT2D eigenvalue weighted by molar-refractivity contribution is 0.593. The van der Waals surface area contributed by atoms with Crippen LogP contribution in [0.15, 0.2) is 65.3 Å². The third-order valence-electron chi connectivity index (χ3n) is 3.26. The van der Waals surface area contributed by atoms with Gasteiger partial charge >= 0.3 is 0 Å². The first-order valence-electron chi connectivity index (χ1n) is 6.48. The van der Waals surface area contributed by atoms with Crippen LogP contribution in [0.3, 0.4) is 0 Å². The molecular weight excluding hydrogens is 330 g/mol. The van der Waals surface area contributed by atoms with Gasteiger partial charge in [-0.2, -0.15) is 0 Å². The lowest BCUT2D eigenvalue weighted by atomic mass is 10.0. The molecule has 0 aliphatic rings. The van der Waals surface area contributed by atoms with E-state index in [1.165, 1.54) is 0 Å². The molecule has 0 aliphatic heterocycles. The molecular formula is C15H14BrN5. The van der Waals surface area contributed by atoms with Crippen LogP contribution in [0, 0.1) is 0 Å². The summed E-state index contributed by atoms with van der Waals surface area (Å²) in [6.07, 6.45) is 1.72. The van der Waals surface area contributed by atoms with E-state index in [2.05, 4.69) is 31.7 Å². The van der Waals surface area contributed by atoms with E-state index < -0.39 is 0 Å². The number of hydrazine groups is 1. The standard InChI is InChI=1S/C15H14BrN5/c16-13-9-5-4-8-12(13)15(19-17)14-10-18-20-21(14)11-6-2-1-3-7-11/h1-10,15,19H,17H2. The molecule has 6 heteroatoms. The molecule has 5 nitrogen and oxygen atoms in total. The number of para-hydroxylation sites is 1. The van der Waals surface area contributed by atoms with Gasteiger partial charge in [-0.1, -0.05) is 57.5 Å². The summed E-state index contributed by atoms with van der Waals surface area (Å²) in [5.74, 6) is 5.77. The van der Waals surface area contributed by atoms with Gasteiger partial charge in [-0.15, -0.1) is 5.10 Å². The van der Waals surface area contributed by atoms with E-state index in [0.29, 0.717) is 0 Å². The highest BCUT2D eigenvalue weighted by Gasteiger charge is 2.20. The molecule has 0 amide bonds. The van der Waals surface area contributed by atoms with Crippen LogP contribution < -0.4 is 11.3 Å². The van der Waals surface area contributed by atoms with Crippen LogP contribution in [0.5, 0.6) is 0 Å². The molecule has 1 heterocycles. The first-order valence-corrected chi connectivity index (χ1v) is 7.27. The van der Waals surface area contributed by atoms with Gasteiger partial charge in [0.25, 0.3) is 0 Å². The highest BCUT2D eigenvalue weighted by Crippen LogP contribution is 2.28. The minimum atomic E-state index is -0.212. The molecule has 3 aromatic rings. The van der Waals surface area contributed by atoms with Gasteiger partial charge in [0, 0.05) is 4.47 Å². The molecule has 0 radical (unpaired) electrons. The molecule has 0 bridgehead atoms. The molecule has 0 saturated heterocycles. The third kappa shape index (κ3) is 2.73. The zero-order valence-corrected chi connectivity index (χ0v) is 12.7. The predicted octanol–water partition coefficient (Wildman–Crippen LogP) is 2.58. The molecule has 1 aromatic heterocycles. The number of aromatic nitrogens is 3. The van der Waals surface area contributed by atoms with Crippen molar-refractivity contribution < 1.29 is 0 Å². The smallest absolute Gasteiger partial charge is 0.0910 e. The number of hydrogen-bond acceptors (Lipinski definition) is 4. The van der Waals surface area contributed by atoms with Gasteiger partial charge in [0.1, 0.15) is 0 Å². The lowest BCUT2D eigenvalue weighted by Crippen LogP contribution is -2.30. The molecule has 2 aromatic carbocycles. The monoisotopic (exact) mass is 343 g/mol. The number of benzene rings is 2. The summed E-state index contributed by atoms with van der Waals surface area (Å²) >= 11 is 3.56. The van der Waals surface area contributed by atoms with Crippen molar-refractivity contribution in [2.24, 2.45) is 5.84 Å². The lowest BCUT2D eigenvalue weighted by Gasteiger charge is -2.18. The topological polar surface area (TPSA) is 68.8 Å². The maximum absolute atomic E-state index is 5.77. The fourth-order valence-corrected chi connectivity index (χ4v) is 2.77. The quantitative estimate of drug-likeness (QED) is 0.564. The van der Waals surface area contributed by atoms with Crippen LogP contribution >= 0.6 is 15.9 Å². The largest absolute Gasteiger partial charge is 0.271 e. The van der Waals surface area contributed by atoms with Crippen LogP contribution in [0.2, 0.25) is 0 Å². The number of nitrogens with one attached hydrogen (secondary N) is 1. The van der Waals surface area contributed by atoms with Gasteiger partial charge in [-0.25, -0.2) is 10.1 Å². The summed E-state index contributed by atoms with van der Waals surface area (Å²) in [7, 11) is 0. The normalized spacial score (nSPS) is 12.3. The molecule has 0 saturated carbocycles. The van der Waals surface area contributed by atoms with Gasteiger partial charge in [-0.05, 0) is 23.8 Å². The van der Waals surface area contributed by atoms with Crippen LogP contribution in [0.1, 0.15) is 17.3 Å². The van der Waals surface area contributed by atoms with Gasteiger partial charge in [-0.3, -0.25) is 5.84 Å². The highest BCUT2D eigenvalue weighted by molar-refractivity contribution is 9.10. The summed E-state index contributed by atoms with van der Waals surface area (Å²) in [6, 6.07) is 17.6. The molecule has 1 unspecified atom stereocenters. The van der Waals surface area contributed by atoms with E-state index in [9.17, 15) is 0 Å². The Bertz CT molecular complexity index is 726. The number of halogens is 1. The second-order valence-corrected chi connectivity index (χ2v) is 5.38. The summed E-state index contributed by atoms with van der Waals surface area (Å²) in [4.78, 5) is 0. The Kier molecular flexibility index (Phi) is 4.10. The maximum atomic E-state index is 5.77. The Hall–Kier alpha value is -2.02. The van der Waals surface area contributed by atoms with E-state index in [1.807, 2.05) is 54.6 Å². The molecule has 0 fully saturated rings. The maximum Gasteiger partial charge on any atom is 0.0910 e. The molecule has 0 spiro atoms. The molecule has 3 rings (SSSR count). The molecule has 3 N–H and O–H groups in total. The highest BCUT2D eigenvalue weighted by atomic mass is 79.9. The Morgan fingerprint density at radius 3 is 2.48 bits per heavy atom. The summed E-state index contributed by atoms with van der Waals surface area (Å²) in [6.45, 7) is 0. The van der Waals surface area contributed by atoms with Gasteiger partial charge in [0.05, 0.1) is 23.6 Å². The number of nitrogens with zero attached hydrogens (tertiary/aromatic N) is 3. The van der Waals surface area contributed by atoms with Crippen molar-refractivity contribution in [1.29, 1.82) is 0 Å². The van der Waals surface area contributed by atoms with E-state index >= 15 is 0 Å². The zero-order valence-electron chi connectivity index (χ0n) is 11.1. The molecule has 0 aliphatic carbocycles. The van der Waals surface area contributed by atoms with E-state index in [0.717, 1.165) is 21.4 Å².